The van der Waals surface area contributed by atoms with Crippen LogP contribution in [0.15, 0.2) is 51.8 Å². The van der Waals surface area contributed by atoms with Crippen LogP contribution in [0.25, 0.3) is 0 Å². The van der Waals surface area contributed by atoms with Crippen molar-refractivity contribution < 1.29 is 4.79 Å². The molecule has 0 saturated heterocycles. The molecule has 2 aromatic rings. The highest BCUT2D eigenvalue weighted by molar-refractivity contribution is 9.10. The van der Waals surface area contributed by atoms with Gasteiger partial charge in [-0.2, -0.15) is 0 Å². The number of aryl methyl sites for hydroxylation is 2. The number of rotatable bonds is 6. The average Bonchev–Trinajstić information content (AvgIpc) is 2.47. The quantitative estimate of drug-likeness (QED) is 0.365. The summed E-state index contributed by atoms with van der Waals surface area (Å²) in [5.74, 6) is 1.20. The summed E-state index contributed by atoms with van der Waals surface area (Å²) >= 11 is 5.20. The monoisotopic (exact) mass is 362 g/mol. The highest BCUT2D eigenvalue weighted by atomic mass is 79.9. The molecule has 0 spiro atoms. The number of Topliss-reactive ketones (excluding diaryl/α,β-unsaturated/α-hetero) is 1. The van der Waals surface area contributed by atoms with Gasteiger partial charge in [-0.25, -0.2) is 0 Å². The Balaban J connectivity index is 1.77. The summed E-state index contributed by atoms with van der Waals surface area (Å²) in [7, 11) is 0. The van der Waals surface area contributed by atoms with Crippen molar-refractivity contribution in [2.75, 3.05) is 5.75 Å². The van der Waals surface area contributed by atoms with E-state index in [9.17, 15) is 4.79 Å². The van der Waals surface area contributed by atoms with Gasteiger partial charge in [0.2, 0.25) is 0 Å². The van der Waals surface area contributed by atoms with E-state index in [0.717, 1.165) is 22.2 Å². The maximum Gasteiger partial charge on any atom is 0.162 e. The fourth-order valence-corrected chi connectivity index (χ4v) is 3.22. The highest BCUT2D eigenvalue weighted by Gasteiger charge is 2.05. The Bertz CT molecular complexity index is 620. The first-order valence-electron chi connectivity index (χ1n) is 7.05. The van der Waals surface area contributed by atoms with Crippen molar-refractivity contribution in [3.05, 3.63) is 63.6 Å². The van der Waals surface area contributed by atoms with Crippen molar-refractivity contribution in [3.63, 3.8) is 0 Å². The van der Waals surface area contributed by atoms with E-state index in [1.165, 1.54) is 16.0 Å². The standard InChI is InChI=1S/C18H19BrOS/c1-13-5-10-17(12-14(13)2)21-11-3-4-18(20)15-6-8-16(19)9-7-15/h5-10,12H,3-4,11H2,1-2H3. The minimum atomic E-state index is 0.225. The number of halogens is 1. The van der Waals surface area contributed by atoms with Crippen molar-refractivity contribution in [2.45, 2.75) is 31.6 Å². The lowest BCUT2D eigenvalue weighted by molar-refractivity contribution is 0.0982. The predicted octanol–water partition coefficient (Wildman–Crippen LogP) is 5.82. The fraction of sp³-hybridized carbons (Fsp3) is 0.278. The topological polar surface area (TPSA) is 17.1 Å². The summed E-state index contributed by atoms with van der Waals surface area (Å²) in [5, 5.41) is 0. The van der Waals surface area contributed by atoms with Crippen molar-refractivity contribution in [3.8, 4) is 0 Å². The van der Waals surface area contributed by atoms with E-state index < -0.39 is 0 Å². The Labute approximate surface area is 139 Å². The molecule has 0 fully saturated rings. The molecule has 110 valence electrons. The number of thioether (sulfide) groups is 1. The molecule has 3 heteroatoms. The van der Waals surface area contributed by atoms with E-state index in [2.05, 4.69) is 48.0 Å². The van der Waals surface area contributed by atoms with Crippen molar-refractivity contribution >= 4 is 33.5 Å². The zero-order valence-electron chi connectivity index (χ0n) is 12.4. The molecule has 2 aromatic carbocycles. The minimum absolute atomic E-state index is 0.225. The SMILES string of the molecule is Cc1ccc(SCCCC(=O)c2ccc(Br)cc2)cc1C. The van der Waals surface area contributed by atoms with Crippen molar-refractivity contribution in [1.82, 2.24) is 0 Å². The van der Waals surface area contributed by atoms with Gasteiger partial charge in [-0.05, 0) is 61.4 Å². The molecule has 0 amide bonds. The van der Waals surface area contributed by atoms with Crippen LogP contribution in [-0.4, -0.2) is 11.5 Å². The smallest absolute Gasteiger partial charge is 0.162 e. The van der Waals surface area contributed by atoms with Crippen LogP contribution < -0.4 is 0 Å². The molecular formula is C18H19BrOS. The lowest BCUT2D eigenvalue weighted by Gasteiger charge is -2.05. The maximum absolute atomic E-state index is 12.0. The van der Waals surface area contributed by atoms with Gasteiger partial charge >= 0.3 is 0 Å². The van der Waals surface area contributed by atoms with Gasteiger partial charge in [0, 0.05) is 21.4 Å². The normalized spacial score (nSPS) is 10.6. The Morgan fingerprint density at radius 2 is 1.76 bits per heavy atom. The molecule has 0 radical (unpaired) electrons. The van der Waals surface area contributed by atoms with Crippen LogP contribution in [0.3, 0.4) is 0 Å². The summed E-state index contributed by atoms with van der Waals surface area (Å²) in [6, 6.07) is 14.1. The van der Waals surface area contributed by atoms with E-state index in [4.69, 9.17) is 0 Å². The van der Waals surface area contributed by atoms with E-state index in [-0.39, 0.29) is 5.78 Å². The lowest BCUT2D eigenvalue weighted by Crippen LogP contribution is -1.99. The first kappa shape index (κ1) is 16.3. The van der Waals surface area contributed by atoms with Crippen molar-refractivity contribution in [2.24, 2.45) is 0 Å². The van der Waals surface area contributed by atoms with Crippen LogP contribution in [0.5, 0.6) is 0 Å². The third kappa shape index (κ3) is 5.01. The molecule has 0 aliphatic heterocycles. The van der Waals surface area contributed by atoms with Crippen LogP contribution in [0.2, 0.25) is 0 Å². The van der Waals surface area contributed by atoms with Gasteiger partial charge < -0.3 is 0 Å². The summed E-state index contributed by atoms with van der Waals surface area (Å²) < 4.78 is 1.00. The molecular weight excluding hydrogens is 344 g/mol. The van der Waals surface area contributed by atoms with Gasteiger partial charge in [-0.1, -0.05) is 34.1 Å². The molecule has 0 unspecified atom stereocenters. The Hall–Kier alpha value is -1.06. The van der Waals surface area contributed by atoms with Gasteiger partial charge in [-0.3, -0.25) is 4.79 Å². The molecule has 0 bridgehead atoms. The van der Waals surface area contributed by atoms with E-state index in [1.54, 1.807) is 0 Å². The molecule has 1 nitrogen and oxygen atoms in total. The van der Waals surface area contributed by atoms with Gasteiger partial charge in [-0.15, -0.1) is 11.8 Å². The minimum Gasteiger partial charge on any atom is -0.294 e. The molecule has 0 heterocycles. The Kier molecular flexibility index (Phi) is 6.07. The molecule has 0 aliphatic rings. The lowest BCUT2D eigenvalue weighted by atomic mass is 10.1. The number of carbonyl (C=O) groups is 1. The largest absolute Gasteiger partial charge is 0.294 e. The third-order valence-electron chi connectivity index (χ3n) is 3.46. The molecule has 2 rings (SSSR count). The van der Waals surface area contributed by atoms with Gasteiger partial charge in [0.05, 0.1) is 0 Å². The molecule has 0 N–H and O–H groups in total. The van der Waals surface area contributed by atoms with Crippen LogP contribution in [0.4, 0.5) is 0 Å². The summed E-state index contributed by atoms with van der Waals surface area (Å²) in [6.45, 7) is 4.26. The van der Waals surface area contributed by atoms with Crippen LogP contribution in [-0.2, 0) is 0 Å². The number of carbonyl (C=O) groups excluding carboxylic acids is 1. The molecule has 21 heavy (non-hydrogen) atoms. The Morgan fingerprint density at radius 3 is 2.43 bits per heavy atom. The summed E-state index contributed by atoms with van der Waals surface area (Å²) in [4.78, 5) is 13.3. The van der Waals surface area contributed by atoms with E-state index in [1.807, 2.05) is 36.0 Å². The number of hydrogen-bond donors (Lipinski definition) is 0. The second kappa shape index (κ2) is 7.81. The second-order valence-electron chi connectivity index (χ2n) is 5.13. The first-order chi connectivity index (χ1) is 10.1. The number of hydrogen-bond acceptors (Lipinski definition) is 2. The third-order valence-corrected chi connectivity index (χ3v) is 5.07. The zero-order valence-corrected chi connectivity index (χ0v) is 14.8. The second-order valence-corrected chi connectivity index (χ2v) is 7.21. The van der Waals surface area contributed by atoms with E-state index >= 15 is 0 Å². The Morgan fingerprint density at radius 1 is 1.05 bits per heavy atom. The number of ketones is 1. The van der Waals surface area contributed by atoms with Gasteiger partial charge in [0.1, 0.15) is 0 Å². The zero-order chi connectivity index (χ0) is 15.2. The molecule has 0 saturated carbocycles. The predicted molar refractivity (Wildman–Crippen MR) is 94.3 cm³/mol. The summed E-state index contributed by atoms with van der Waals surface area (Å²) in [5.41, 5.74) is 3.45. The van der Waals surface area contributed by atoms with Crippen LogP contribution in [0, 0.1) is 13.8 Å². The first-order valence-corrected chi connectivity index (χ1v) is 8.83. The number of benzene rings is 2. The fourth-order valence-electron chi connectivity index (χ4n) is 2.01. The van der Waals surface area contributed by atoms with Crippen molar-refractivity contribution in [1.29, 1.82) is 0 Å². The molecule has 0 aromatic heterocycles. The van der Waals surface area contributed by atoms with Gasteiger partial charge in [0.15, 0.2) is 5.78 Å². The molecule has 0 aliphatic carbocycles. The average molecular weight is 363 g/mol. The van der Waals surface area contributed by atoms with Crippen LogP contribution >= 0.6 is 27.7 Å². The maximum atomic E-state index is 12.0. The summed E-state index contributed by atoms with van der Waals surface area (Å²) in [6.07, 6.45) is 1.52. The van der Waals surface area contributed by atoms with E-state index in [0.29, 0.717) is 6.42 Å². The highest BCUT2D eigenvalue weighted by Crippen LogP contribution is 2.22. The van der Waals surface area contributed by atoms with Gasteiger partial charge in [0.25, 0.3) is 0 Å². The van der Waals surface area contributed by atoms with Crippen LogP contribution in [0.1, 0.15) is 34.3 Å². The molecule has 0 atom stereocenters.